The van der Waals surface area contributed by atoms with E-state index in [2.05, 4.69) is 31.4 Å². The van der Waals surface area contributed by atoms with Gasteiger partial charge < -0.3 is 5.32 Å². The van der Waals surface area contributed by atoms with Gasteiger partial charge in [0.2, 0.25) is 5.91 Å². The van der Waals surface area contributed by atoms with Crippen molar-refractivity contribution in [3.8, 4) is 0 Å². The van der Waals surface area contributed by atoms with Gasteiger partial charge >= 0.3 is 0 Å². The van der Waals surface area contributed by atoms with Gasteiger partial charge in [-0.2, -0.15) is 10.2 Å². The van der Waals surface area contributed by atoms with Gasteiger partial charge in [0, 0.05) is 18.3 Å². The summed E-state index contributed by atoms with van der Waals surface area (Å²) in [5.74, 6) is 0.523. The third-order valence-electron chi connectivity index (χ3n) is 3.64. The average molecular weight is 368 g/mol. The normalized spacial score (nSPS) is 12.5. The van der Waals surface area contributed by atoms with Crippen LogP contribution in [0.3, 0.4) is 0 Å². The van der Waals surface area contributed by atoms with E-state index in [-0.39, 0.29) is 11.8 Å². The first-order chi connectivity index (χ1) is 10.3. The smallest absolute Gasteiger partial charge is 0.230 e. The fraction of sp³-hybridized carbons (Fsp3) is 0.533. The topological polar surface area (TPSA) is 64.7 Å². The van der Waals surface area contributed by atoms with Crippen LogP contribution in [0.2, 0.25) is 0 Å². The number of nitrogens with one attached hydrogen (secondary N) is 1. The molecule has 0 aliphatic rings. The number of hydrogen-bond acceptors (Lipinski definition) is 3. The van der Waals surface area contributed by atoms with Crippen LogP contribution in [-0.2, 0) is 17.9 Å². The van der Waals surface area contributed by atoms with Gasteiger partial charge in [0.1, 0.15) is 5.82 Å². The Kier molecular flexibility index (Phi) is 5.05. The molecule has 1 N–H and O–H groups in total. The molecule has 0 bridgehead atoms. The second kappa shape index (κ2) is 6.64. The predicted octanol–water partition coefficient (Wildman–Crippen LogP) is 3.06. The van der Waals surface area contributed by atoms with Crippen molar-refractivity contribution in [2.75, 3.05) is 5.32 Å². The molecular weight excluding hydrogens is 346 g/mol. The lowest BCUT2D eigenvalue weighted by Crippen LogP contribution is -2.26. The maximum absolute atomic E-state index is 12.4. The summed E-state index contributed by atoms with van der Waals surface area (Å²) in [5, 5.41) is 11.7. The molecule has 0 fully saturated rings. The Labute approximate surface area is 139 Å². The van der Waals surface area contributed by atoms with Gasteiger partial charge in [-0.05, 0) is 43.6 Å². The van der Waals surface area contributed by atoms with Gasteiger partial charge in [-0.3, -0.25) is 9.48 Å². The lowest BCUT2D eigenvalue weighted by atomic mass is 10.1. The summed E-state index contributed by atoms with van der Waals surface area (Å²) in [5.41, 5.74) is 2.86. The molecule has 2 aromatic rings. The van der Waals surface area contributed by atoms with Crippen molar-refractivity contribution in [2.45, 2.75) is 47.7 Å². The van der Waals surface area contributed by atoms with E-state index in [1.54, 1.807) is 4.68 Å². The van der Waals surface area contributed by atoms with E-state index in [1.165, 1.54) is 0 Å². The zero-order chi connectivity index (χ0) is 16.4. The molecule has 6 nitrogen and oxygen atoms in total. The summed E-state index contributed by atoms with van der Waals surface area (Å²) < 4.78 is 4.66. The summed E-state index contributed by atoms with van der Waals surface area (Å²) in [6.07, 6.45) is 0. The van der Waals surface area contributed by atoms with Crippen molar-refractivity contribution < 1.29 is 4.79 Å². The number of aromatic nitrogens is 4. The Balaban J connectivity index is 2.07. The van der Waals surface area contributed by atoms with Crippen molar-refractivity contribution >= 4 is 27.7 Å². The molecule has 2 heterocycles. The Hall–Kier alpha value is -1.63. The van der Waals surface area contributed by atoms with Crippen LogP contribution >= 0.6 is 15.9 Å². The fourth-order valence-corrected chi connectivity index (χ4v) is 2.62. The van der Waals surface area contributed by atoms with E-state index < -0.39 is 0 Å². The average Bonchev–Trinajstić information content (AvgIpc) is 2.94. The molecule has 120 valence electrons. The number of halogens is 1. The molecule has 0 radical (unpaired) electrons. The van der Waals surface area contributed by atoms with Crippen molar-refractivity contribution in [3.05, 3.63) is 27.6 Å². The monoisotopic (exact) mass is 367 g/mol. The first-order valence-electron chi connectivity index (χ1n) is 7.38. The summed E-state index contributed by atoms with van der Waals surface area (Å²) in [4.78, 5) is 12.4. The number of hydrogen-bond donors (Lipinski definition) is 1. The van der Waals surface area contributed by atoms with Crippen LogP contribution in [-0.4, -0.2) is 25.5 Å². The minimum Gasteiger partial charge on any atom is -0.311 e. The molecule has 22 heavy (non-hydrogen) atoms. The van der Waals surface area contributed by atoms with E-state index in [4.69, 9.17) is 0 Å². The molecule has 0 aromatic carbocycles. The van der Waals surface area contributed by atoms with E-state index >= 15 is 0 Å². The Bertz CT molecular complexity index is 688. The number of anilines is 1. The van der Waals surface area contributed by atoms with E-state index in [1.807, 2.05) is 45.4 Å². The predicted molar refractivity (Wildman–Crippen MR) is 89.8 cm³/mol. The van der Waals surface area contributed by atoms with Gasteiger partial charge in [-0.15, -0.1) is 0 Å². The summed E-state index contributed by atoms with van der Waals surface area (Å²) in [7, 11) is 0. The van der Waals surface area contributed by atoms with Crippen LogP contribution in [0.4, 0.5) is 5.82 Å². The molecular formula is C15H22BrN5O. The lowest BCUT2D eigenvalue weighted by molar-refractivity contribution is -0.119. The van der Waals surface area contributed by atoms with Crippen molar-refractivity contribution in [3.63, 3.8) is 0 Å². The molecule has 0 aliphatic carbocycles. The second-order valence-electron chi connectivity index (χ2n) is 5.54. The number of amides is 1. The van der Waals surface area contributed by atoms with Crippen LogP contribution in [0.5, 0.6) is 0 Å². The third kappa shape index (κ3) is 3.40. The van der Waals surface area contributed by atoms with E-state index in [0.29, 0.717) is 6.54 Å². The maximum atomic E-state index is 12.4. The fourth-order valence-electron chi connectivity index (χ4n) is 2.33. The Morgan fingerprint density at radius 2 is 2.00 bits per heavy atom. The van der Waals surface area contributed by atoms with E-state index in [9.17, 15) is 4.79 Å². The second-order valence-corrected chi connectivity index (χ2v) is 6.34. The quantitative estimate of drug-likeness (QED) is 0.882. The highest BCUT2D eigenvalue weighted by molar-refractivity contribution is 9.10. The van der Waals surface area contributed by atoms with Crippen molar-refractivity contribution in [2.24, 2.45) is 5.92 Å². The van der Waals surface area contributed by atoms with E-state index in [0.717, 1.165) is 33.9 Å². The molecule has 0 aliphatic heterocycles. The summed E-state index contributed by atoms with van der Waals surface area (Å²) in [6, 6.07) is 1.88. The highest BCUT2D eigenvalue weighted by Crippen LogP contribution is 2.21. The highest BCUT2D eigenvalue weighted by Gasteiger charge is 2.18. The van der Waals surface area contributed by atoms with Crippen LogP contribution < -0.4 is 5.32 Å². The summed E-state index contributed by atoms with van der Waals surface area (Å²) in [6.45, 7) is 11.0. The zero-order valence-corrected chi connectivity index (χ0v) is 15.2. The van der Waals surface area contributed by atoms with Crippen LogP contribution in [0.25, 0.3) is 0 Å². The summed E-state index contributed by atoms with van der Waals surface area (Å²) >= 11 is 3.51. The number of rotatable bonds is 5. The molecule has 1 amide bonds. The molecule has 2 rings (SSSR count). The van der Waals surface area contributed by atoms with Crippen LogP contribution in [0.15, 0.2) is 10.5 Å². The molecule has 0 unspecified atom stereocenters. The first kappa shape index (κ1) is 16.7. The zero-order valence-electron chi connectivity index (χ0n) is 13.6. The Morgan fingerprint density at radius 3 is 2.55 bits per heavy atom. The highest BCUT2D eigenvalue weighted by atomic mass is 79.9. The molecule has 1 atom stereocenters. The number of carbonyl (C=O) groups excluding carboxylic acids is 1. The van der Waals surface area contributed by atoms with Gasteiger partial charge in [-0.25, -0.2) is 4.68 Å². The SMILES string of the molecule is CCn1nc(C)cc1NC(=O)[C@H](C)Cn1nc(C)c(Br)c1C. The van der Waals surface area contributed by atoms with Crippen molar-refractivity contribution in [1.82, 2.24) is 19.6 Å². The third-order valence-corrected chi connectivity index (χ3v) is 4.79. The minimum atomic E-state index is -0.189. The van der Waals surface area contributed by atoms with Gasteiger partial charge in [0.15, 0.2) is 0 Å². The number of nitrogens with zero attached hydrogens (tertiary/aromatic N) is 4. The molecule has 0 saturated heterocycles. The molecule has 2 aromatic heterocycles. The van der Waals surface area contributed by atoms with Crippen molar-refractivity contribution in [1.29, 1.82) is 0 Å². The maximum Gasteiger partial charge on any atom is 0.230 e. The standard InChI is InChI=1S/C15H22BrN5O/c1-6-20-13(7-10(3)18-20)17-15(22)9(2)8-21-12(5)14(16)11(4)19-21/h7,9H,6,8H2,1-5H3,(H,17,22)/t9-/m1/s1. The molecule has 0 spiro atoms. The first-order valence-corrected chi connectivity index (χ1v) is 8.17. The molecule has 7 heteroatoms. The molecule has 0 saturated carbocycles. The van der Waals surface area contributed by atoms with Gasteiger partial charge in [-0.1, -0.05) is 6.92 Å². The Morgan fingerprint density at radius 1 is 1.32 bits per heavy atom. The minimum absolute atomic E-state index is 0.0294. The lowest BCUT2D eigenvalue weighted by Gasteiger charge is -2.14. The number of carbonyl (C=O) groups is 1. The van der Waals surface area contributed by atoms with Gasteiger partial charge in [0.25, 0.3) is 0 Å². The van der Waals surface area contributed by atoms with Crippen LogP contribution in [0, 0.1) is 26.7 Å². The van der Waals surface area contributed by atoms with Crippen LogP contribution in [0.1, 0.15) is 30.9 Å². The largest absolute Gasteiger partial charge is 0.311 e. The van der Waals surface area contributed by atoms with Gasteiger partial charge in [0.05, 0.1) is 28.3 Å². The number of aryl methyl sites for hydroxylation is 3.